The van der Waals surface area contributed by atoms with Crippen LogP contribution in [0.1, 0.15) is 25.7 Å². The van der Waals surface area contributed by atoms with Crippen molar-refractivity contribution in [2.24, 2.45) is 11.7 Å². The molecule has 0 aromatic carbocycles. The average molecular weight is 200 g/mol. The Labute approximate surface area is 84.8 Å². The van der Waals surface area contributed by atoms with Crippen molar-refractivity contribution in [3.05, 3.63) is 0 Å². The Balaban J connectivity index is 1.97. The van der Waals surface area contributed by atoms with Crippen LogP contribution in [0.2, 0.25) is 0 Å². The summed E-state index contributed by atoms with van der Waals surface area (Å²) in [5.74, 6) is 0.562. The van der Waals surface area contributed by atoms with Gasteiger partial charge in [-0.1, -0.05) is 6.42 Å². The van der Waals surface area contributed by atoms with E-state index in [-0.39, 0.29) is 18.2 Å². The summed E-state index contributed by atoms with van der Waals surface area (Å²) in [5.41, 5.74) is 6.00. The Morgan fingerprint density at radius 3 is 2.93 bits per heavy atom. The van der Waals surface area contributed by atoms with Crippen LogP contribution in [0.25, 0.3) is 0 Å². The van der Waals surface area contributed by atoms with Gasteiger partial charge in [-0.25, -0.2) is 0 Å². The quantitative estimate of drug-likeness (QED) is 0.540. The number of aliphatic hydroxyl groups is 1. The minimum Gasteiger partial charge on any atom is -0.376 e. The van der Waals surface area contributed by atoms with E-state index in [0.29, 0.717) is 5.92 Å². The van der Waals surface area contributed by atoms with Gasteiger partial charge in [0.2, 0.25) is 0 Å². The Hall–Kier alpha value is -0.160. The highest BCUT2D eigenvalue weighted by atomic mass is 16.5. The normalized spacial score (nSPS) is 44.8. The van der Waals surface area contributed by atoms with E-state index < -0.39 is 6.23 Å². The van der Waals surface area contributed by atoms with Gasteiger partial charge in [-0.15, -0.1) is 0 Å². The number of fused-ring (bicyclic) bond motifs is 1. The Kier molecular flexibility index (Phi) is 3.07. The minimum atomic E-state index is -0.548. The molecule has 4 nitrogen and oxygen atoms in total. The van der Waals surface area contributed by atoms with Gasteiger partial charge in [0.1, 0.15) is 6.23 Å². The molecule has 5 unspecified atom stereocenters. The third-order valence-electron chi connectivity index (χ3n) is 3.51. The highest BCUT2D eigenvalue weighted by Gasteiger charge is 2.42. The lowest BCUT2D eigenvalue weighted by atomic mass is 9.82. The number of nitrogens with one attached hydrogen (secondary N) is 1. The molecular weight excluding hydrogens is 180 g/mol. The minimum absolute atomic E-state index is 0.0702. The molecular formula is C10H20N2O2. The SMILES string of the molecule is CNC(O)C1CC2CCCC(N)C2O1. The zero-order valence-electron chi connectivity index (χ0n) is 8.65. The number of nitrogens with two attached hydrogens (primary N) is 1. The second-order valence-corrected chi connectivity index (χ2v) is 4.46. The first-order chi connectivity index (χ1) is 6.72. The predicted molar refractivity (Wildman–Crippen MR) is 53.7 cm³/mol. The van der Waals surface area contributed by atoms with Crippen LogP contribution in [-0.4, -0.2) is 36.6 Å². The first-order valence-electron chi connectivity index (χ1n) is 5.48. The molecule has 4 N–H and O–H groups in total. The van der Waals surface area contributed by atoms with Gasteiger partial charge in [0.25, 0.3) is 0 Å². The maximum Gasteiger partial charge on any atom is 0.131 e. The van der Waals surface area contributed by atoms with Crippen LogP contribution in [0.4, 0.5) is 0 Å². The largest absolute Gasteiger partial charge is 0.376 e. The van der Waals surface area contributed by atoms with Crippen molar-refractivity contribution in [1.29, 1.82) is 0 Å². The lowest BCUT2D eigenvalue weighted by molar-refractivity contribution is -0.0585. The van der Waals surface area contributed by atoms with E-state index in [1.807, 2.05) is 0 Å². The first kappa shape index (κ1) is 10.4. The summed E-state index contributed by atoms with van der Waals surface area (Å²) in [6.45, 7) is 0. The van der Waals surface area contributed by atoms with Gasteiger partial charge in [0.15, 0.2) is 0 Å². The van der Waals surface area contributed by atoms with Crippen molar-refractivity contribution < 1.29 is 9.84 Å². The fraction of sp³-hybridized carbons (Fsp3) is 1.00. The highest BCUT2D eigenvalue weighted by Crippen LogP contribution is 2.37. The zero-order valence-corrected chi connectivity index (χ0v) is 8.65. The van der Waals surface area contributed by atoms with E-state index >= 15 is 0 Å². The fourth-order valence-electron chi connectivity index (χ4n) is 2.70. The summed E-state index contributed by atoms with van der Waals surface area (Å²) < 4.78 is 5.79. The molecule has 1 saturated carbocycles. The van der Waals surface area contributed by atoms with E-state index in [0.717, 1.165) is 12.8 Å². The van der Waals surface area contributed by atoms with Crippen LogP contribution in [0, 0.1) is 5.92 Å². The molecule has 2 aliphatic rings. The summed E-state index contributed by atoms with van der Waals surface area (Å²) in [7, 11) is 1.75. The maximum atomic E-state index is 9.61. The van der Waals surface area contributed by atoms with Gasteiger partial charge in [0.05, 0.1) is 12.2 Å². The molecule has 0 aromatic heterocycles. The molecule has 82 valence electrons. The van der Waals surface area contributed by atoms with Gasteiger partial charge in [-0.3, -0.25) is 5.32 Å². The summed E-state index contributed by atoms with van der Waals surface area (Å²) >= 11 is 0. The summed E-state index contributed by atoms with van der Waals surface area (Å²) in [4.78, 5) is 0. The van der Waals surface area contributed by atoms with E-state index in [4.69, 9.17) is 10.5 Å². The van der Waals surface area contributed by atoms with Gasteiger partial charge >= 0.3 is 0 Å². The van der Waals surface area contributed by atoms with Crippen molar-refractivity contribution in [1.82, 2.24) is 5.32 Å². The molecule has 1 aliphatic carbocycles. The van der Waals surface area contributed by atoms with Crippen molar-refractivity contribution in [2.75, 3.05) is 7.05 Å². The molecule has 2 fully saturated rings. The van der Waals surface area contributed by atoms with Gasteiger partial charge in [-0.05, 0) is 32.2 Å². The topological polar surface area (TPSA) is 67.5 Å². The van der Waals surface area contributed by atoms with Crippen LogP contribution in [-0.2, 0) is 4.74 Å². The molecule has 2 rings (SSSR count). The van der Waals surface area contributed by atoms with Crippen molar-refractivity contribution in [3.63, 3.8) is 0 Å². The molecule has 0 amide bonds. The molecule has 0 spiro atoms. The molecule has 14 heavy (non-hydrogen) atoms. The van der Waals surface area contributed by atoms with Crippen LogP contribution >= 0.6 is 0 Å². The number of aliphatic hydroxyl groups excluding tert-OH is 1. The molecule has 4 heteroatoms. The van der Waals surface area contributed by atoms with Crippen molar-refractivity contribution in [2.45, 2.75) is 50.2 Å². The molecule has 0 aromatic rings. The van der Waals surface area contributed by atoms with Crippen LogP contribution in [0.3, 0.4) is 0 Å². The maximum absolute atomic E-state index is 9.61. The molecule has 0 bridgehead atoms. The molecule has 1 heterocycles. The number of ether oxygens (including phenoxy) is 1. The van der Waals surface area contributed by atoms with Crippen LogP contribution in [0.15, 0.2) is 0 Å². The predicted octanol–water partition coefficient (Wildman–Crippen LogP) is -0.191. The number of hydrogen-bond donors (Lipinski definition) is 3. The highest BCUT2D eigenvalue weighted by molar-refractivity contribution is 4.93. The molecule has 1 saturated heterocycles. The van der Waals surface area contributed by atoms with Crippen molar-refractivity contribution >= 4 is 0 Å². The molecule has 0 radical (unpaired) electrons. The van der Waals surface area contributed by atoms with E-state index in [1.165, 1.54) is 12.8 Å². The van der Waals surface area contributed by atoms with Gasteiger partial charge < -0.3 is 15.6 Å². The average Bonchev–Trinajstić information content (AvgIpc) is 2.62. The van der Waals surface area contributed by atoms with Crippen LogP contribution in [0.5, 0.6) is 0 Å². The summed E-state index contributed by atoms with van der Waals surface area (Å²) in [6, 6.07) is 0.169. The van der Waals surface area contributed by atoms with E-state index in [2.05, 4.69) is 5.32 Å². The van der Waals surface area contributed by atoms with E-state index in [1.54, 1.807) is 7.05 Å². The Morgan fingerprint density at radius 2 is 2.29 bits per heavy atom. The number of likely N-dealkylation sites (N-methyl/N-ethyl adjacent to an activating group) is 1. The fourth-order valence-corrected chi connectivity index (χ4v) is 2.70. The zero-order chi connectivity index (χ0) is 10.1. The first-order valence-corrected chi connectivity index (χ1v) is 5.48. The second-order valence-electron chi connectivity index (χ2n) is 4.46. The lowest BCUT2D eigenvalue weighted by Crippen LogP contribution is -2.43. The van der Waals surface area contributed by atoms with Gasteiger partial charge in [0, 0.05) is 6.04 Å². The summed E-state index contributed by atoms with van der Waals surface area (Å²) in [6.07, 6.45) is 3.97. The van der Waals surface area contributed by atoms with Crippen LogP contribution < -0.4 is 11.1 Å². The van der Waals surface area contributed by atoms with E-state index in [9.17, 15) is 5.11 Å². The lowest BCUT2D eigenvalue weighted by Gasteiger charge is -2.29. The van der Waals surface area contributed by atoms with Gasteiger partial charge in [-0.2, -0.15) is 0 Å². The standard InChI is InChI=1S/C10H20N2O2/c1-12-10(13)8-5-6-3-2-4-7(11)9(6)14-8/h6-10,12-13H,2-5,11H2,1H3. The Morgan fingerprint density at radius 1 is 1.50 bits per heavy atom. The summed E-state index contributed by atoms with van der Waals surface area (Å²) in [5, 5.41) is 12.4. The third-order valence-corrected chi connectivity index (χ3v) is 3.51. The monoisotopic (exact) mass is 200 g/mol. The second kappa shape index (κ2) is 4.14. The van der Waals surface area contributed by atoms with Crippen molar-refractivity contribution in [3.8, 4) is 0 Å². The molecule has 5 atom stereocenters. The smallest absolute Gasteiger partial charge is 0.131 e. The number of hydrogen-bond acceptors (Lipinski definition) is 4. The third kappa shape index (κ3) is 1.80. The number of rotatable bonds is 2. The molecule has 1 aliphatic heterocycles. The Bertz CT molecular complexity index is 201.